The van der Waals surface area contributed by atoms with Crippen LogP contribution in [-0.4, -0.2) is 36.2 Å². The Morgan fingerprint density at radius 3 is 2.84 bits per heavy atom. The average molecular weight is 303 g/mol. The minimum absolute atomic E-state index is 0.134. The van der Waals surface area contributed by atoms with Gasteiger partial charge in [0.1, 0.15) is 5.75 Å². The summed E-state index contributed by atoms with van der Waals surface area (Å²) in [6, 6.07) is 3.87. The van der Waals surface area contributed by atoms with Crippen molar-refractivity contribution in [3.63, 3.8) is 0 Å². The second kappa shape index (κ2) is 6.80. The van der Waals surface area contributed by atoms with Crippen molar-refractivity contribution in [3.8, 4) is 5.75 Å². The number of benzene rings is 1. The van der Waals surface area contributed by atoms with Gasteiger partial charge in [0.2, 0.25) is 0 Å². The Morgan fingerprint density at radius 2 is 2.16 bits per heavy atom. The lowest BCUT2D eigenvalue weighted by atomic mass is 10.0. The predicted octanol–water partition coefficient (Wildman–Crippen LogP) is 3.27. The molecule has 1 atom stereocenters. The number of likely N-dealkylation sites (N-methyl/N-ethyl adjacent to an activating group) is 1. The Labute approximate surface area is 124 Å². The first-order valence-corrected chi connectivity index (χ1v) is 7.40. The van der Waals surface area contributed by atoms with Crippen LogP contribution in [0.15, 0.2) is 12.1 Å². The fourth-order valence-electron chi connectivity index (χ4n) is 2.55. The van der Waals surface area contributed by atoms with Gasteiger partial charge >= 0.3 is 0 Å². The minimum Gasteiger partial charge on any atom is -0.506 e. The zero-order valence-corrected chi connectivity index (χ0v) is 12.6. The number of hydrogen-bond donors (Lipinski definition) is 2. The van der Waals surface area contributed by atoms with Crippen molar-refractivity contribution < 1.29 is 5.11 Å². The van der Waals surface area contributed by atoms with Crippen molar-refractivity contribution in [1.29, 1.82) is 0 Å². The molecule has 2 N–H and O–H groups in total. The molecule has 0 radical (unpaired) electrons. The summed E-state index contributed by atoms with van der Waals surface area (Å²) in [5.74, 6) is 0.134. The molecule has 1 aliphatic rings. The molecule has 1 aliphatic heterocycles. The van der Waals surface area contributed by atoms with Crippen LogP contribution in [-0.2, 0) is 6.54 Å². The Hall–Kier alpha value is -0.480. The van der Waals surface area contributed by atoms with Gasteiger partial charge in [-0.25, -0.2) is 0 Å². The molecule has 0 aliphatic carbocycles. The van der Waals surface area contributed by atoms with Crippen LogP contribution in [0, 0.1) is 0 Å². The van der Waals surface area contributed by atoms with E-state index < -0.39 is 0 Å². The molecule has 0 bridgehead atoms. The van der Waals surface area contributed by atoms with Crippen LogP contribution in [0.3, 0.4) is 0 Å². The molecule has 19 heavy (non-hydrogen) atoms. The number of rotatable bonds is 4. The standard InChI is InChI=1S/C14H20Cl2N2O/c1-18(9-12-4-2-3-5-17-12)8-10-6-11(15)7-13(16)14(10)19/h6-7,12,17,19H,2-5,8-9H2,1H3. The molecule has 0 spiro atoms. The highest BCUT2D eigenvalue weighted by Crippen LogP contribution is 2.31. The third kappa shape index (κ3) is 4.25. The first-order valence-electron chi connectivity index (χ1n) is 6.65. The molecule has 3 nitrogen and oxygen atoms in total. The van der Waals surface area contributed by atoms with Crippen molar-refractivity contribution in [3.05, 3.63) is 27.7 Å². The van der Waals surface area contributed by atoms with Crippen molar-refractivity contribution in [2.75, 3.05) is 20.1 Å². The molecular weight excluding hydrogens is 283 g/mol. The zero-order valence-electron chi connectivity index (χ0n) is 11.1. The van der Waals surface area contributed by atoms with Gasteiger partial charge in [-0.15, -0.1) is 0 Å². The molecule has 5 heteroatoms. The average Bonchev–Trinajstić information content (AvgIpc) is 2.36. The van der Waals surface area contributed by atoms with E-state index >= 15 is 0 Å². The number of phenolic OH excluding ortho intramolecular Hbond substituents is 1. The van der Waals surface area contributed by atoms with Crippen molar-refractivity contribution in [1.82, 2.24) is 10.2 Å². The predicted molar refractivity (Wildman–Crippen MR) is 80.1 cm³/mol. The Balaban J connectivity index is 1.96. The van der Waals surface area contributed by atoms with Gasteiger partial charge in [-0.05, 0) is 38.6 Å². The second-order valence-corrected chi connectivity index (χ2v) is 6.08. The molecular formula is C14H20Cl2N2O. The first-order chi connectivity index (χ1) is 9.06. The highest BCUT2D eigenvalue weighted by molar-refractivity contribution is 6.35. The number of phenols is 1. The van der Waals surface area contributed by atoms with E-state index in [1.165, 1.54) is 19.3 Å². The number of hydrogen-bond acceptors (Lipinski definition) is 3. The van der Waals surface area contributed by atoms with Gasteiger partial charge in [-0.3, -0.25) is 0 Å². The highest BCUT2D eigenvalue weighted by atomic mass is 35.5. The van der Waals surface area contributed by atoms with Gasteiger partial charge in [0.15, 0.2) is 0 Å². The van der Waals surface area contributed by atoms with Gasteiger partial charge in [0, 0.05) is 29.7 Å². The van der Waals surface area contributed by atoms with Gasteiger partial charge in [0.05, 0.1) is 5.02 Å². The number of nitrogens with one attached hydrogen (secondary N) is 1. The van der Waals surface area contributed by atoms with E-state index in [9.17, 15) is 5.11 Å². The molecule has 0 amide bonds. The number of aromatic hydroxyl groups is 1. The van der Waals surface area contributed by atoms with Gasteiger partial charge in [-0.2, -0.15) is 0 Å². The molecule has 1 aromatic carbocycles. The summed E-state index contributed by atoms with van der Waals surface area (Å²) in [6.45, 7) is 2.71. The van der Waals surface area contributed by atoms with E-state index in [1.54, 1.807) is 12.1 Å². The van der Waals surface area contributed by atoms with E-state index in [2.05, 4.69) is 10.2 Å². The highest BCUT2D eigenvalue weighted by Gasteiger charge is 2.16. The largest absolute Gasteiger partial charge is 0.506 e. The maximum atomic E-state index is 9.94. The van der Waals surface area contributed by atoms with Crippen LogP contribution in [0.5, 0.6) is 5.75 Å². The van der Waals surface area contributed by atoms with E-state index in [4.69, 9.17) is 23.2 Å². The smallest absolute Gasteiger partial charge is 0.138 e. The molecule has 1 aromatic rings. The van der Waals surface area contributed by atoms with E-state index in [0.717, 1.165) is 18.7 Å². The molecule has 106 valence electrons. The van der Waals surface area contributed by atoms with E-state index in [1.807, 2.05) is 7.05 Å². The van der Waals surface area contributed by atoms with Gasteiger partial charge < -0.3 is 15.3 Å². The molecule has 0 aromatic heterocycles. The van der Waals surface area contributed by atoms with Gasteiger partial charge in [0.25, 0.3) is 0 Å². The summed E-state index contributed by atoms with van der Waals surface area (Å²) >= 11 is 11.9. The van der Waals surface area contributed by atoms with Crippen molar-refractivity contribution in [2.45, 2.75) is 31.8 Å². The van der Waals surface area contributed by atoms with Crippen LogP contribution in [0.2, 0.25) is 10.0 Å². The van der Waals surface area contributed by atoms with Crippen LogP contribution >= 0.6 is 23.2 Å². The summed E-state index contributed by atoms with van der Waals surface area (Å²) in [6.07, 6.45) is 3.78. The number of piperidine rings is 1. The molecule has 2 rings (SSSR count). The topological polar surface area (TPSA) is 35.5 Å². The summed E-state index contributed by atoms with van der Waals surface area (Å²) in [4.78, 5) is 2.19. The molecule has 1 heterocycles. The third-order valence-corrected chi connectivity index (χ3v) is 4.00. The molecule has 0 saturated carbocycles. The normalized spacial score (nSPS) is 19.9. The first kappa shape index (κ1) is 14.9. The fraction of sp³-hybridized carbons (Fsp3) is 0.571. The van der Waals surface area contributed by atoms with E-state index in [0.29, 0.717) is 22.6 Å². The monoisotopic (exact) mass is 302 g/mol. The SMILES string of the molecule is CN(Cc1cc(Cl)cc(Cl)c1O)CC1CCCCN1. The van der Waals surface area contributed by atoms with Crippen LogP contribution < -0.4 is 5.32 Å². The summed E-state index contributed by atoms with van der Waals surface area (Å²) in [5, 5.41) is 14.3. The molecule has 1 fully saturated rings. The van der Waals surface area contributed by atoms with E-state index in [-0.39, 0.29) is 5.75 Å². The quantitative estimate of drug-likeness (QED) is 0.896. The summed E-state index contributed by atoms with van der Waals surface area (Å²) in [7, 11) is 2.05. The fourth-order valence-corrected chi connectivity index (χ4v) is 3.09. The maximum absolute atomic E-state index is 9.94. The van der Waals surface area contributed by atoms with Crippen molar-refractivity contribution >= 4 is 23.2 Å². The lowest BCUT2D eigenvalue weighted by Crippen LogP contribution is -2.42. The Bertz CT molecular complexity index is 434. The second-order valence-electron chi connectivity index (χ2n) is 5.24. The van der Waals surface area contributed by atoms with Crippen LogP contribution in [0.25, 0.3) is 0 Å². The lowest BCUT2D eigenvalue weighted by Gasteiger charge is -2.28. The zero-order chi connectivity index (χ0) is 13.8. The minimum atomic E-state index is 0.134. The molecule has 1 saturated heterocycles. The Kier molecular flexibility index (Phi) is 5.34. The van der Waals surface area contributed by atoms with Gasteiger partial charge in [-0.1, -0.05) is 29.6 Å². The number of halogens is 2. The van der Waals surface area contributed by atoms with Crippen LogP contribution in [0.1, 0.15) is 24.8 Å². The van der Waals surface area contributed by atoms with Crippen LogP contribution in [0.4, 0.5) is 0 Å². The number of nitrogens with zero attached hydrogens (tertiary/aromatic N) is 1. The maximum Gasteiger partial charge on any atom is 0.138 e. The summed E-state index contributed by atoms with van der Waals surface area (Å²) < 4.78 is 0. The van der Waals surface area contributed by atoms with Crippen molar-refractivity contribution in [2.24, 2.45) is 0 Å². The lowest BCUT2D eigenvalue weighted by molar-refractivity contribution is 0.254. The summed E-state index contributed by atoms with van der Waals surface area (Å²) in [5.41, 5.74) is 0.774. The Morgan fingerprint density at radius 1 is 1.37 bits per heavy atom. The third-order valence-electron chi connectivity index (χ3n) is 3.49. The molecule has 1 unspecified atom stereocenters.